The minimum absolute atomic E-state index is 0.897. The minimum atomic E-state index is 0.897. The quantitative estimate of drug-likeness (QED) is 0.748. The first-order chi connectivity index (χ1) is 7.72. The van der Waals surface area contributed by atoms with Gasteiger partial charge in [0, 0.05) is 18.0 Å². The molecule has 0 aromatic carbocycles. The molecule has 0 unspecified atom stereocenters. The predicted octanol–water partition coefficient (Wildman–Crippen LogP) is 3.58. The average Bonchev–Trinajstić information content (AvgIpc) is 2.70. The van der Waals surface area contributed by atoms with Crippen LogP contribution in [0.15, 0.2) is 43.2 Å². The Hall–Kier alpha value is -1.83. The van der Waals surface area contributed by atoms with E-state index in [2.05, 4.69) is 36.4 Å². The van der Waals surface area contributed by atoms with Gasteiger partial charge in [-0.25, -0.2) is 4.98 Å². The molecule has 0 saturated carbocycles. The molecule has 1 aliphatic rings. The van der Waals surface area contributed by atoms with Crippen molar-refractivity contribution in [2.45, 2.75) is 19.8 Å². The summed E-state index contributed by atoms with van der Waals surface area (Å²) >= 11 is 0. The Kier molecular flexibility index (Phi) is 2.91. The largest absolute Gasteiger partial charge is 0.307 e. The molecule has 1 aromatic rings. The van der Waals surface area contributed by atoms with Gasteiger partial charge in [0.2, 0.25) is 0 Å². The first-order valence-electron chi connectivity index (χ1n) is 5.45. The van der Waals surface area contributed by atoms with E-state index >= 15 is 0 Å². The monoisotopic (exact) mass is 212 g/mol. The van der Waals surface area contributed by atoms with E-state index in [-0.39, 0.29) is 0 Å². The molecule has 1 aliphatic carbocycles. The summed E-state index contributed by atoms with van der Waals surface area (Å²) in [5.74, 6) is 0.897. The standard InChI is InChI=1S/C14H16N2/c1-4-16-10-11(2)15-14(16)12(3)13-8-6-5-7-9-13/h4-6,8,10H,1,3,7,9H2,2H3. The van der Waals surface area contributed by atoms with E-state index in [0.29, 0.717) is 0 Å². The third kappa shape index (κ3) is 1.91. The Labute approximate surface area is 96.3 Å². The van der Waals surface area contributed by atoms with E-state index < -0.39 is 0 Å². The number of rotatable bonds is 3. The summed E-state index contributed by atoms with van der Waals surface area (Å²) in [6, 6.07) is 0. The van der Waals surface area contributed by atoms with Gasteiger partial charge in [0.25, 0.3) is 0 Å². The summed E-state index contributed by atoms with van der Waals surface area (Å²) in [6.07, 6.45) is 12.2. The smallest absolute Gasteiger partial charge is 0.143 e. The second kappa shape index (κ2) is 4.35. The third-order valence-corrected chi connectivity index (χ3v) is 2.72. The van der Waals surface area contributed by atoms with Crippen molar-refractivity contribution in [3.8, 4) is 0 Å². The van der Waals surface area contributed by atoms with Gasteiger partial charge < -0.3 is 4.57 Å². The fraction of sp³-hybridized carbons (Fsp3) is 0.214. The normalized spacial score (nSPS) is 14.7. The molecule has 0 aliphatic heterocycles. The highest BCUT2D eigenvalue weighted by Crippen LogP contribution is 2.26. The van der Waals surface area contributed by atoms with Crippen LogP contribution in [0, 0.1) is 6.92 Å². The fourth-order valence-corrected chi connectivity index (χ4v) is 1.88. The zero-order valence-electron chi connectivity index (χ0n) is 9.61. The highest BCUT2D eigenvalue weighted by Gasteiger charge is 2.12. The van der Waals surface area contributed by atoms with Gasteiger partial charge in [-0.1, -0.05) is 31.4 Å². The highest BCUT2D eigenvalue weighted by molar-refractivity contribution is 5.75. The Morgan fingerprint density at radius 3 is 3.00 bits per heavy atom. The molecule has 2 nitrogen and oxygen atoms in total. The summed E-state index contributed by atoms with van der Waals surface area (Å²) in [5.41, 5.74) is 3.25. The molecule has 0 spiro atoms. The van der Waals surface area contributed by atoms with Gasteiger partial charge in [-0.2, -0.15) is 0 Å². The molecule has 0 saturated heterocycles. The zero-order chi connectivity index (χ0) is 11.5. The number of hydrogen-bond acceptors (Lipinski definition) is 1. The highest BCUT2D eigenvalue weighted by atomic mass is 15.1. The Morgan fingerprint density at radius 1 is 1.56 bits per heavy atom. The number of allylic oxidation sites excluding steroid dienone is 5. The van der Waals surface area contributed by atoms with Gasteiger partial charge in [-0.15, -0.1) is 0 Å². The lowest BCUT2D eigenvalue weighted by Gasteiger charge is -2.11. The molecule has 16 heavy (non-hydrogen) atoms. The van der Waals surface area contributed by atoms with E-state index in [1.165, 1.54) is 5.57 Å². The van der Waals surface area contributed by atoms with E-state index in [1.807, 2.05) is 17.7 Å². The zero-order valence-corrected chi connectivity index (χ0v) is 9.61. The van der Waals surface area contributed by atoms with Crippen molar-refractivity contribution in [3.05, 3.63) is 54.7 Å². The summed E-state index contributed by atoms with van der Waals surface area (Å²) in [6.45, 7) is 9.90. The third-order valence-electron chi connectivity index (χ3n) is 2.72. The maximum atomic E-state index is 4.48. The molecule has 82 valence electrons. The first-order valence-corrected chi connectivity index (χ1v) is 5.45. The number of hydrogen-bond donors (Lipinski definition) is 0. The van der Waals surface area contributed by atoms with E-state index in [0.717, 1.165) is 29.9 Å². The Morgan fingerprint density at radius 2 is 2.38 bits per heavy atom. The molecule has 0 amide bonds. The van der Waals surface area contributed by atoms with Crippen molar-refractivity contribution in [1.82, 2.24) is 9.55 Å². The second-order valence-corrected chi connectivity index (χ2v) is 3.93. The van der Waals surface area contributed by atoms with Crippen molar-refractivity contribution >= 4 is 11.8 Å². The van der Waals surface area contributed by atoms with Crippen LogP contribution in [-0.4, -0.2) is 9.55 Å². The maximum Gasteiger partial charge on any atom is 0.143 e. The lowest BCUT2D eigenvalue weighted by Crippen LogP contribution is -1.98. The summed E-state index contributed by atoms with van der Waals surface area (Å²) in [7, 11) is 0. The van der Waals surface area contributed by atoms with Gasteiger partial charge in [-0.05, 0) is 25.3 Å². The summed E-state index contributed by atoms with van der Waals surface area (Å²) in [4.78, 5) is 4.48. The van der Waals surface area contributed by atoms with Crippen LogP contribution in [-0.2, 0) is 0 Å². The summed E-state index contributed by atoms with van der Waals surface area (Å²) in [5, 5.41) is 0. The SMILES string of the molecule is C=Cn1cc(C)nc1C(=C)C1=CC=CCC1. The molecule has 2 heteroatoms. The maximum absolute atomic E-state index is 4.48. The first kappa shape index (κ1) is 10.7. The van der Waals surface area contributed by atoms with E-state index in [9.17, 15) is 0 Å². The number of imidazole rings is 1. The lowest BCUT2D eigenvalue weighted by molar-refractivity contribution is 0.982. The molecule has 0 bridgehead atoms. The van der Waals surface area contributed by atoms with Crippen molar-refractivity contribution < 1.29 is 0 Å². The fourth-order valence-electron chi connectivity index (χ4n) is 1.88. The molecule has 2 rings (SSSR count). The second-order valence-electron chi connectivity index (χ2n) is 3.93. The molecular formula is C14H16N2. The van der Waals surface area contributed by atoms with Gasteiger partial charge in [0.1, 0.15) is 5.82 Å². The predicted molar refractivity (Wildman–Crippen MR) is 68.8 cm³/mol. The van der Waals surface area contributed by atoms with Crippen LogP contribution in [0.4, 0.5) is 0 Å². The molecule has 0 atom stereocenters. The van der Waals surface area contributed by atoms with Crippen LogP contribution in [0.3, 0.4) is 0 Å². The van der Waals surface area contributed by atoms with Crippen molar-refractivity contribution in [3.63, 3.8) is 0 Å². The van der Waals surface area contributed by atoms with Gasteiger partial charge in [-0.3, -0.25) is 0 Å². The van der Waals surface area contributed by atoms with Crippen LogP contribution in [0.25, 0.3) is 11.8 Å². The number of aromatic nitrogens is 2. The van der Waals surface area contributed by atoms with Gasteiger partial charge in [0.05, 0.1) is 5.69 Å². The molecule has 1 heterocycles. The van der Waals surface area contributed by atoms with Gasteiger partial charge >= 0.3 is 0 Å². The van der Waals surface area contributed by atoms with Crippen LogP contribution in [0.2, 0.25) is 0 Å². The Balaban J connectivity index is 2.36. The average molecular weight is 212 g/mol. The molecule has 0 N–H and O–H groups in total. The topological polar surface area (TPSA) is 17.8 Å². The Bertz CT molecular complexity index is 487. The van der Waals surface area contributed by atoms with Crippen molar-refractivity contribution in [2.24, 2.45) is 0 Å². The minimum Gasteiger partial charge on any atom is -0.307 e. The van der Waals surface area contributed by atoms with Crippen LogP contribution in [0.5, 0.6) is 0 Å². The van der Waals surface area contributed by atoms with Crippen molar-refractivity contribution in [2.75, 3.05) is 0 Å². The number of aryl methyl sites for hydroxylation is 1. The molecule has 0 fully saturated rings. The summed E-state index contributed by atoms with van der Waals surface area (Å²) < 4.78 is 1.93. The number of nitrogens with zero attached hydrogens (tertiary/aromatic N) is 2. The van der Waals surface area contributed by atoms with Crippen molar-refractivity contribution in [1.29, 1.82) is 0 Å². The molecule has 0 radical (unpaired) electrons. The molecule has 1 aromatic heterocycles. The van der Waals surface area contributed by atoms with Gasteiger partial charge in [0.15, 0.2) is 0 Å². The lowest BCUT2D eigenvalue weighted by atomic mass is 9.98. The van der Waals surface area contributed by atoms with Crippen LogP contribution >= 0.6 is 0 Å². The van der Waals surface area contributed by atoms with E-state index in [4.69, 9.17) is 0 Å². The van der Waals surface area contributed by atoms with E-state index in [1.54, 1.807) is 6.20 Å². The molecular weight excluding hydrogens is 196 g/mol. The van der Waals surface area contributed by atoms with Crippen LogP contribution in [0.1, 0.15) is 24.4 Å². The van der Waals surface area contributed by atoms with Crippen LogP contribution < -0.4 is 0 Å².